The lowest BCUT2D eigenvalue weighted by Crippen LogP contribution is -2.50. The van der Waals surface area contributed by atoms with Gasteiger partial charge in [0, 0.05) is 19.6 Å². The number of hydrogen-bond donors (Lipinski definition) is 1. The lowest BCUT2D eigenvalue weighted by Gasteiger charge is -2.37. The smallest absolute Gasteiger partial charge is 0.0819 e. The van der Waals surface area contributed by atoms with E-state index in [2.05, 4.69) is 17.3 Å². The van der Waals surface area contributed by atoms with Gasteiger partial charge < -0.3 is 15.0 Å². The summed E-state index contributed by atoms with van der Waals surface area (Å²) in [5, 5.41) is 3.44. The third kappa shape index (κ3) is 2.22. The van der Waals surface area contributed by atoms with Gasteiger partial charge in [0.15, 0.2) is 0 Å². The summed E-state index contributed by atoms with van der Waals surface area (Å²) < 4.78 is 5.95. The summed E-state index contributed by atoms with van der Waals surface area (Å²) in [6, 6.07) is 0. The molecule has 1 N–H and O–H groups in total. The Morgan fingerprint density at radius 2 is 2.23 bits per heavy atom. The Hall–Kier alpha value is -0.120. The Bertz CT molecular complexity index is 166. The lowest BCUT2D eigenvalue weighted by molar-refractivity contribution is -0.0740. The van der Waals surface area contributed by atoms with Crippen LogP contribution in [0, 0.1) is 0 Å². The van der Waals surface area contributed by atoms with Gasteiger partial charge in [-0.25, -0.2) is 0 Å². The van der Waals surface area contributed by atoms with Crippen molar-refractivity contribution >= 4 is 0 Å². The Balaban J connectivity index is 1.95. The fourth-order valence-corrected chi connectivity index (χ4v) is 2.33. The molecule has 2 rings (SSSR count). The van der Waals surface area contributed by atoms with Crippen LogP contribution < -0.4 is 5.32 Å². The highest BCUT2D eigenvalue weighted by atomic mass is 16.5. The molecule has 2 aliphatic heterocycles. The van der Waals surface area contributed by atoms with E-state index in [1.807, 2.05) is 0 Å². The summed E-state index contributed by atoms with van der Waals surface area (Å²) in [6.07, 6.45) is 3.69. The van der Waals surface area contributed by atoms with Crippen molar-refractivity contribution in [2.45, 2.75) is 24.9 Å². The first-order valence-electron chi connectivity index (χ1n) is 5.34. The quantitative estimate of drug-likeness (QED) is 0.592. The van der Waals surface area contributed by atoms with Crippen LogP contribution in [-0.4, -0.2) is 50.3 Å². The summed E-state index contributed by atoms with van der Waals surface area (Å²) in [5.74, 6) is 0. The molecular weight excluding hydrogens is 164 g/mol. The summed E-state index contributed by atoms with van der Waals surface area (Å²) in [4.78, 5) is 2.41. The molecule has 13 heavy (non-hydrogen) atoms. The second-order valence-electron chi connectivity index (χ2n) is 4.37. The zero-order chi connectivity index (χ0) is 9.15. The molecule has 0 amide bonds. The molecular formula is C10H20N2O. The second kappa shape index (κ2) is 3.95. The molecule has 3 heteroatoms. The van der Waals surface area contributed by atoms with E-state index in [1.165, 1.54) is 32.4 Å². The number of likely N-dealkylation sites (tertiary alicyclic amines) is 1. The molecule has 3 nitrogen and oxygen atoms in total. The van der Waals surface area contributed by atoms with Gasteiger partial charge in [0.1, 0.15) is 0 Å². The predicted molar refractivity (Wildman–Crippen MR) is 52.9 cm³/mol. The zero-order valence-electron chi connectivity index (χ0n) is 8.51. The fraction of sp³-hybridized carbons (Fsp3) is 1.00. The number of nitrogens with zero attached hydrogens (tertiary/aromatic N) is 1. The molecule has 0 aliphatic carbocycles. The topological polar surface area (TPSA) is 24.5 Å². The van der Waals surface area contributed by atoms with E-state index in [4.69, 9.17) is 4.74 Å². The van der Waals surface area contributed by atoms with E-state index in [1.54, 1.807) is 0 Å². The second-order valence-corrected chi connectivity index (χ2v) is 4.37. The first-order valence-corrected chi connectivity index (χ1v) is 5.34. The highest BCUT2D eigenvalue weighted by Crippen LogP contribution is 2.26. The Morgan fingerprint density at radius 3 is 3.00 bits per heavy atom. The Morgan fingerprint density at radius 1 is 1.31 bits per heavy atom. The van der Waals surface area contributed by atoms with Crippen LogP contribution in [-0.2, 0) is 4.74 Å². The molecule has 2 aliphatic rings. The van der Waals surface area contributed by atoms with Crippen LogP contribution in [0.4, 0.5) is 0 Å². The monoisotopic (exact) mass is 184 g/mol. The maximum atomic E-state index is 5.95. The highest BCUT2D eigenvalue weighted by molar-refractivity contribution is 4.89. The van der Waals surface area contributed by atoms with Crippen molar-refractivity contribution in [2.24, 2.45) is 0 Å². The molecule has 0 aromatic carbocycles. The van der Waals surface area contributed by atoms with Gasteiger partial charge in [-0.3, -0.25) is 0 Å². The number of hydrogen-bond acceptors (Lipinski definition) is 3. The molecule has 1 atom stereocenters. The van der Waals surface area contributed by atoms with Crippen LogP contribution in [0.5, 0.6) is 0 Å². The Labute approximate surface area is 80.4 Å². The van der Waals surface area contributed by atoms with Crippen LogP contribution in [0.3, 0.4) is 0 Å². The summed E-state index contributed by atoms with van der Waals surface area (Å²) in [5.41, 5.74) is 0.170. The average molecular weight is 184 g/mol. The van der Waals surface area contributed by atoms with Gasteiger partial charge in [0.05, 0.1) is 12.2 Å². The van der Waals surface area contributed by atoms with E-state index >= 15 is 0 Å². The third-order valence-electron chi connectivity index (χ3n) is 3.26. The molecule has 2 heterocycles. The molecule has 0 radical (unpaired) electrons. The molecule has 1 unspecified atom stereocenters. The van der Waals surface area contributed by atoms with Crippen molar-refractivity contribution in [3.63, 3.8) is 0 Å². The molecule has 2 saturated heterocycles. The van der Waals surface area contributed by atoms with Crippen LogP contribution >= 0.6 is 0 Å². The van der Waals surface area contributed by atoms with E-state index in [-0.39, 0.29) is 5.60 Å². The fourth-order valence-electron chi connectivity index (χ4n) is 2.33. The molecule has 2 fully saturated rings. The normalized spacial score (nSPS) is 37.6. The number of morpholine rings is 1. The molecule has 0 aromatic rings. The predicted octanol–water partition coefficient (Wildman–Crippen LogP) is 0.461. The molecule has 0 bridgehead atoms. The lowest BCUT2D eigenvalue weighted by atomic mass is 9.93. The maximum Gasteiger partial charge on any atom is 0.0819 e. The van der Waals surface area contributed by atoms with Crippen molar-refractivity contribution in [1.82, 2.24) is 10.2 Å². The minimum Gasteiger partial charge on any atom is -0.372 e. The molecule has 0 saturated carbocycles. The maximum absolute atomic E-state index is 5.95. The Kier molecular flexibility index (Phi) is 2.86. The van der Waals surface area contributed by atoms with E-state index < -0.39 is 0 Å². The number of ether oxygens (including phenoxy) is 1. The van der Waals surface area contributed by atoms with E-state index in [0.717, 1.165) is 19.7 Å². The van der Waals surface area contributed by atoms with Crippen molar-refractivity contribution in [2.75, 3.05) is 39.8 Å². The van der Waals surface area contributed by atoms with Gasteiger partial charge in [-0.1, -0.05) is 0 Å². The number of rotatable bonds is 0. The van der Waals surface area contributed by atoms with Crippen molar-refractivity contribution in [3.05, 3.63) is 0 Å². The van der Waals surface area contributed by atoms with Gasteiger partial charge >= 0.3 is 0 Å². The highest BCUT2D eigenvalue weighted by Gasteiger charge is 2.34. The van der Waals surface area contributed by atoms with Gasteiger partial charge in [-0.05, 0) is 32.9 Å². The average Bonchev–Trinajstić information content (AvgIpc) is 2.32. The summed E-state index contributed by atoms with van der Waals surface area (Å²) in [6.45, 7) is 5.38. The van der Waals surface area contributed by atoms with Crippen molar-refractivity contribution < 1.29 is 4.74 Å². The molecule has 76 valence electrons. The van der Waals surface area contributed by atoms with E-state index in [0.29, 0.717) is 0 Å². The van der Waals surface area contributed by atoms with Crippen LogP contribution in [0.1, 0.15) is 19.3 Å². The molecule has 1 spiro atoms. The first-order chi connectivity index (χ1) is 6.31. The largest absolute Gasteiger partial charge is 0.372 e. The van der Waals surface area contributed by atoms with Gasteiger partial charge in [0.25, 0.3) is 0 Å². The van der Waals surface area contributed by atoms with Gasteiger partial charge in [-0.15, -0.1) is 0 Å². The third-order valence-corrected chi connectivity index (χ3v) is 3.26. The van der Waals surface area contributed by atoms with Gasteiger partial charge in [0.2, 0.25) is 0 Å². The summed E-state index contributed by atoms with van der Waals surface area (Å²) >= 11 is 0. The summed E-state index contributed by atoms with van der Waals surface area (Å²) in [7, 11) is 2.20. The minimum absolute atomic E-state index is 0.170. The standard InChI is InChI=1S/C10H20N2O/c1-12-6-2-3-10(4-7-12)9-11-5-8-13-10/h11H,2-9H2,1H3. The van der Waals surface area contributed by atoms with Gasteiger partial charge in [-0.2, -0.15) is 0 Å². The SMILES string of the molecule is CN1CCCC2(CC1)CNCCO2. The number of nitrogens with one attached hydrogen (secondary N) is 1. The van der Waals surface area contributed by atoms with Crippen LogP contribution in [0.15, 0.2) is 0 Å². The first kappa shape index (κ1) is 9.44. The van der Waals surface area contributed by atoms with Crippen molar-refractivity contribution in [3.8, 4) is 0 Å². The van der Waals surface area contributed by atoms with Crippen LogP contribution in [0.2, 0.25) is 0 Å². The molecule has 0 aromatic heterocycles. The van der Waals surface area contributed by atoms with Crippen LogP contribution in [0.25, 0.3) is 0 Å². The van der Waals surface area contributed by atoms with E-state index in [9.17, 15) is 0 Å². The van der Waals surface area contributed by atoms with Crippen molar-refractivity contribution in [1.29, 1.82) is 0 Å². The zero-order valence-corrected chi connectivity index (χ0v) is 8.51. The minimum atomic E-state index is 0.170.